The number of rotatable bonds is 2. The van der Waals surface area contributed by atoms with Gasteiger partial charge in [-0.05, 0) is 17.9 Å². The average molecular weight is 141 g/mol. The van der Waals surface area contributed by atoms with Crippen molar-refractivity contribution in [1.29, 1.82) is 0 Å². The van der Waals surface area contributed by atoms with Crippen molar-refractivity contribution < 1.29 is 0 Å². The molecule has 0 bridgehead atoms. The molecule has 1 heterocycles. The summed E-state index contributed by atoms with van der Waals surface area (Å²) in [6.45, 7) is 2.10. The molecule has 0 fully saturated rings. The van der Waals surface area contributed by atoms with Gasteiger partial charge in [-0.15, -0.1) is 11.3 Å². The first-order chi connectivity index (χ1) is 4.34. The van der Waals surface area contributed by atoms with Crippen molar-refractivity contribution in [1.82, 2.24) is 0 Å². The lowest BCUT2D eigenvalue weighted by Gasteiger charge is -2.02. The van der Waals surface area contributed by atoms with E-state index >= 15 is 0 Å². The molecular weight excluding hydrogens is 130 g/mol. The van der Waals surface area contributed by atoms with Crippen molar-refractivity contribution in [2.45, 2.75) is 19.4 Å². The molecule has 1 nitrogen and oxygen atoms in total. The quantitative estimate of drug-likeness (QED) is 0.671. The monoisotopic (exact) mass is 141 g/mol. The topological polar surface area (TPSA) is 26.0 Å². The third-order valence-electron chi connectivity index (χ3n) is 1.35. The van der Waals surface area contributed by atoms with Crippen LogP contribution in [0.25, 0.3) is 0 Å². The Morgan fingerprint density at radius 3 is 3.00 bits per heavy atom. The van der Waals surface area contributed by atoms with Gasteiger partial charge in [0, 0.05) is 10.9 Å². The smallest absolute Gasteiger partial charge is 0.0387 e. The second kappa shape index (κ2) is 2.99. The van der Waals surface area contributed by atoms with Crippen molar-refractivity contribution in [3.63, 3.8) is 0 Å². The lowest BCUT2D eigenvalue weighted by atomic mass is 10.2. The average Bonchev–Trinajstić information content (AvgIpc) is 2.37. The van der Waals surface area contributed by atoms with Gasteiger partial charge in [0.2, 0.25) is 0 Å². The van der Waals surface area contributed by atoms with Crippen LogP contribution in [-0.4, -0.2) is 0 Å². The first kappa shape index (κ1) is 6.78. The first-order valence-electron chi connectivity index (χ1n) is 3.13. The van der Waals surface area contributed by atoms with Crippen molar-refractivity contribution in [2.24, 2.45) is 5.73 Å². The second-order valence-corrected chi connectivity index (χ2v) is 3.01. The van der Waals surface area contributed by atoms with Gasteiger partial charge in [0.25, 0.3) is 0 Å². The molecule has 2 N–H and O–H groups in total. The SMILES string of the molecule is CCC(N)c1cccs1. The first-order valence-corrected chi connectivity index (χ1v) is 4.01. The highest BCUT2D eigenvalue weighted by Gasteiger charge is 2.01. The Kier molecular flexibility index (Phi) is 2.25. The van der Waals surface area contributed by atoms with Crippen LogP contribution in [0.5, 0.6) is 0 Å². The summed E-state index contributed by atoms with van der Waals surface area (Å²) in [4.78, 5) is 1.29. The van der Waals surface area contributed by atoms with Crippen molar-refractivity contribution in [2.75, 3.05) is 0 Å². The summed E-state index contributed by atoms with van der Waals surface area (Å²) >= 11 is 1.73. The lowest BCUT2D eigenvalue weighted by Crippen LogP contribution is -2.05. The molecular formula is C7H11NS. The summed E-state index contributed by atoms with van der Waals surface area (Å²) < 4.78 is 0. The molecule has 0 aliphatic heterocycles. The van der Waals surface area contributed by atoms with Gasteiger partial charge in [-0.3, -0.25) is 0 Å². The number of hydrogen-bond donors (Lipinski definition) is 1. The number of thiophene rings is 1. The van der Waals surface area contributed by atoms with E-state index in [1.54, 1.807) is 11.3 Å². The van der Waals surface area contributed by atoms with Gasteiger partial charge < -0.3 is 5.73 Å². The molecule has 1 aromatic heterocycles. The van der Waals surface area contributed by atoms with Crippen LogP contribution in [0.4, 0.5) is 0 Å². The highest BCUT2D eigenvalue weighted by Crippen LogP contribution is 2.18. The summed E-state index contributed by atoms with van der Waals surface area (Å²) in [5.74, 6) is 0. The third-order valence-corrected chi connectivity index (χ3v) is 2.35. The largest absolute Gasteiger partial charge is 0.323 e. The molecule has 1 aromatic rings. The minimum absolute atomic E-state index is 0.255. The zero-order chi connectivity index (χ0) is 6.69. The van der Waals surface area contributed by atoms with Crippen LogP contribution in [-0.2, 0) is 0 Å². The molecule has 0 amide bonds. The standard InChI is InChI=1S/C7H11NS/c1-2-6(8)7-4-3-5-9-7/h3-6H,2,8H2,1H3. The Morgan fingerprint density at radius 1 is 1.78 bits per heavy atom. The minimum Gasteiger partial charge on any atom is -0.323 e. The van der Waals surface area contributed by atoms with Gasteiger partial charge in [0.1, 0.15) is 0 Å². The van der Waals surface area contributed by atoms with E-state index in [4.69, 9.17) is 5.73 Å². The van der Waals surface area contributed by atoms with Crippen LogP contribution < -0.4 is 5.73 Å². The molecule has 1 atom stereocenters. The van der Waals surface area contributed by atoms with Crippen LogP contribution in [0.3, 0.4) is 0 Å². The van der Waals surface area contributed by atoms with Gasteiger partial charge in [0.15, 0.2) is 0 Å². The lowest BCUT2D eigenvalue weighted by molar-refractivity contribution is 0.712. The fourth-order valence-corrected chi connectivity index (χ4v) is 1.52. The van der Waals surface area contributed by atoms with Gasteiger partial charge in [-0.25, -0.2) is 0 Å². The molecule has 0 saturated carbocycles. The van der Waals surface area contributed by atoms with E-state index in [0.717, 1.165) is 6.42 Å². The van der Waals surface area contributed by atoms with E-state index in [9.17, 15) is 0 Å². The second-order valence-electron chi connectivity index (χ2n) is 2.03. The van der Waals surface area contributed by atoms with Gasteiger partial charge in [-0.1, -0.05) is 13.0 Å². The highest BCUT2D eigenvalue weighted by molar-refractivity contribution is 7.10. The fraction of sp³-hybridized carbons (Fsp3) is 0.429. The van der Waals surface area contributed by atoms with Crippen LogP contribution in [0.15, 0.2) is 17.5 Å². The summed E-state index contributed by atoms with van der Waals surface area (Å²) in [5.41, 5.74) is 5.75. The van der Waals surface area contributed by atoms with E-state index < -0.39 is 0 Å². The van der Waals surface area contributed by atoms with E-state index in [-0.39, 0.29) is 6.04 Å². The summed E-state index contributed by atoms with van der Waals surface area (Å²) in [6.07, 6.45) is 1.03. The zero-order valence-corrected chi connectivity index (χ0v) is 6.32. The normalized spacial score (nSPS) is 13.6. The molecule has 50 valence electrons. The molecule has 0 spiro atoms. The molecule has 0 aromatic carbocycles. The Hall–Kier alpha value is -0.340. The zero-order valence-electron chi connectivity index (χ0n) is 5.50. The fourth-order valence-electron chi connectivity index (χ4n) is 0.703. The molecule has 0 aliphatic rings. The molecule has 9 heavy (non-hydrogen) atoms. The predicted molar refractivity (Wildman–Crippen MR) is 41.5 cm³/mol. The van der Waals surface area contributed by atoms with E-state index in [1.807, 2.05) is 6.07 Å². The Balaban J connectivity index is 2.65. The van der Waals surface area contributed by atoms with Crippen molar-refractivity contribution in [3.8, 4) is 0 Å². The molecule has 0 radical (unpaired) electrons. The van der Waals surface area contributed by atoms with Crippen LogP contribution in [0.2, 0.25) is 0 Å². The highest BCUT2D eigenvalue weighted by atomic mass is 32.1. The Morgan fingerprint density at radius 2 is 2.56 bits per heavy atom. The summed E-state index contributed by atoms with van der Waals surface area (Å²) in [6, 6.07) is 4.37. The van der Waals surface area contributed by atoms with E-state index in [0.29, 0.717) is 0 Å². The number of nitrogens with two attached hydrogens (primary N) is 1. The van der Waals surface area contributed by atoms with Gasteiger partial charge >= 0.3 is 0 Å². The van der Waals surface area contributed by atoms with E-state index in [1.165, 1.54) is 4.88 Å². The molecule has 1 unspecified atom stereocenters. The third kappa shape index (κ3) is 1.53. The summed E-state index contributed by atoms with van der Waals surface area (Å²) in [7, 11) is 0. The van der Waals surface area contributed by atoms with Crippen molar-refractivity contribution >= 4 is 11.3 Å². The predicted octanol–water partition coefficient (Wildman–Crippen LogP) is 2.16. The van der Waals surface area contributed by atoms with Crippen LogP contribution in [0, 0.1) is 0 Å². The van der Waals surface area contributed by atoms with Gasteiger partial charge in [0.05, 0.1) is 0 Å². The minimum atomic E-state index is 0.255. The molecule has 0 aliphatic carbocycles. The summed E-state index contributed by atoms with van der Waals surface area (Å²) in [5, 5.41) is 2.06. The maximum atomic E-state index is 5.75. The molecule has 1 rings (SSSR count). The number of hydrogen-bond acceptors (Lipinski definition) is 2. The van der Waals surface area contributed by atoms with E-state index in [2.05, 4.69) is 18.4 Å². The van der Waals surface area contributed by atoms with Crippen LogP contribution in [0.1, 0.15) is 24.3 Å². The maximum Gasteiger partial charge on any atom is 0.0387 e. The van der Waals surface area contributed by atoms with Crippen LogP contribution >= 0.6 is 11.3 Å². The maximum absolute atomic E-state index is 5.75. The Bertz CT molecular complexity index is 157. The van der Waals surface area contributed by atoms with Crippen molar-refractivity contribution in [3.05, 3.63) is 22.4 Å². The molecule has 2 heteroatoms. The van der Waals surface area contributed by atoms with Gasteiger partial charge in [-0.2, -0.15) is 0 Å². The Labute approximate surface area is 59.5 Å². The molecule has 0 saturated heterocycles.